The fourth-order valence-electron chi connectivity index (χ4n) is 1.11. The molecule has 0 aliphatic heterocycles. The van der Waals surface area contributed by atoms with Gasteiger partial charge in [0.15, 0.2) is 0 Å². The first-order valence-electron chi connectivity index (χ1n) is 4.54. The molecule has 0 atom stereocenters. The van der Waals surface area contributed by atoms with Gasteiger partial charge in [-0.2, -0.15) is 8.42 Å². The van der Waals surface area contributed by atoms with Crippen LogP contribution in [0.5, 0.6) is 5.75 Å². The van der Waals surface area contributed by atoms with E-state index < -0.39 is 10.4 Å². The van der Waals surface area contributed by atoms with Crippen molar-refractivity contribution in [3.05, 3.63) is 23.8 Å². The van der Waals surface area contributed by atoms with Gasteiger partial charge in [0.2, 0.25) is 0 Å². The van der Waals surface area contributed by atoms with Crippen molar-refractivity contribution in [3.63, 3.8) is 0 Å². The van der Waals surface area contributed by atoms with E-state index in [0.717, 1.165) is 0 Å². The summed E-state index contributed by atoms with van der Waals surface area (Å²) in [6.45, 7) is 1.95. The summed E-state index contributed by atoms with van der Waals surface area (Å²) in [5.74, 6) is 0.0467. The second kappa shape index (κ2) is 5.15. The summed E-state index contributed by atoms with van der Waals surface area (Å²) in [6, 6.07) is 4.78. The van der Waals surface area contributed by atoms with Crippen molar-refractivity contribution < 1.29 is 22.3 Å². The number of benzene rings is 1. The molecule has 0 spiro atoms. The van der Waals surface area contributed by atoms with Crippen LogP contribution >= 0.6 is 0 Å². The van der Waals surface area contributed by atoms with Crippen molar-refractivity contribution in [1.29, 1.82) is 0 Å². The maximum absolute atomic E-state index is 10.6. The molecule has 1 aromatic rings. The number of hydrogen-bond acceptors (Lipinski definition) is 5. The first kappa shape index (κ1) is 12.8. The molecule has 6 nitrogen and oxygen atoms in total. The van der Waals surface area contributed by atoms with Gasteiger partial charge in [0, 0.05) is 18.3 Å². The molecule has 90 valence electrons. The van der Waals surface area contributed by atoms with Crippen LogP contribution in [0.1, 0.15) is 5.56 Å². The zero-order chi connectivity index (χ0) is 12.2. The molecule has 0 saturated heterocycles. The quantitative estimate of drug-likeness (QED) is 0.659. The van der Waals surface area contributed by atoms with Crippen LogP contribution in [0.15, 0.2) is 18.2 Å². The van der Waals surface area contributed by atoms with Crippen LogP contribution in [0.2, 0.25) is 0 Å². The van der Waals surface area contributed by atoms with Crippen molar-refractivity contribution in [1.82, 2.24) is 0 Å². The monoisotopic (exact) mass is 247 g/mol. The molecule has 3 N–H and O–H groups in total. The van der Waals surface area contributed by atoms with Crippen LogP contribution in [0.3, 0.4) is 0 Å². The third kappa shape index (κ3) is 4.05. The zero-order valence-electron chi connectivity index (χ0n) is 8.67. The normalized spacial score (nSPS) is 11.2. The van der Waals surface area contributed by atoms with E-state index in [4.69, 9.17) is 9.66 Å². The first-order chi connectivity index (χ1) is 7.42. The second-order valence-corrected chi connectivity index (χ2v) is 4.16. The Labute approximate surface area is 93.8 Å². The maximum atomic E-state index is 10.6. The summed E-state index contributed by atoms with van der Waals surface area (Å²) in [6.07, 6.45) is 0. The van der Waals surface area contributed by atoms with Crippen molar-refractivity contribution in [3.8, 4) is 5.75 Å². The maximum Gasteiger partial charge on any atom is 0.446 e. The zero-order valence-corrected chi connectivity index (χ0v) is 9.49. The highest BCUT2D eigenvalue weighted by molar-refractivity contribution is 7.81. The lowest BCUT2D eigenvalue weighted by atomic mass is 10.2. The van der Waals surface area contributed by atoms with Gasteiger partial charge in [-0.3, -0.25) is 4.55 Å². The number of aryl methyl sites for hydroxylation is 1. The lowest BCUT2D eigenvalue weighted by molar-refractivity contribution is 0.311. The third-order valence-electron chi connectivity index (χ3n) is 1.82. The molecule has 0 fully saturated rings. The minimum atomic E-state index is -4.51. The topological polar surface area (TPSA) is 95.9 Å². The Kier molecular flexibility index (Phi) is 4.11. The molecule has 1 aromatic carbocycles. The standard InChI is InChI=1S/C9H13NO5S/c1-7-2-3-8(10-4-5-11)6-9(7)15-16(12,13)14/h2-3,6,10-11H,4-5H2,1H3,(H,12,13,14). The molecule has 0 bridgehead atoms. The van der Waals surface area contributed by atoms with Crippen molar-refractivity contribution in [2.75, 3.05) is 18.5 Å². The predicted octanol–water partition coefficient (Wildman–Crippen LogP) is 0.581. The summed E-state index contributed by atoms with van der Waals surface area (Å²) >= 11 is 0. The lowest BCUT2D eigenvalue weighted by Crippen LogP contribution is -2.09. The number of hydrogen-bond donors (Lipinski definition) is 3. The van der Waals surface area contributed by atoms with Crippen LogP contribution in [-0.2, 0) is 10.4 Å². The minimum absolute atomic E-state index is 0.0393. The van der Waals surface area contributed by atoms with Crippen molar-refractivity contribution in [2.24, 2.45) is 0 Å². The van der Waals surface area contributed by atoms with Crippen molar-refractivity contribution >= 4 is 16.1 Å². The Morgan fingerprint density at radius 1 is 1.44 bits per heavy atom. The van der Waals surface area contributed by atoms with Gasteiger partial charge < -0.3 is 14.6 Å². The summed E-state index contributed by atoms with van der Waals surface area (Å²) in [4.78, 5) is 0. The smallest absolute Gasteiger partial charge is 0.395 e. The Bertz CT molecular complexity index is 457. The molecule has 0 unspecified atom stereocenters. The highest BCUT2D eigenvalue weighted by Gasteiger charge is 2.10. The Morgan fingerprint density at radius 3 is 2.69 bits per heavy atom. The first-order valence-corrected chi connectivity index (χ1v) is 5.91. The molecule has 0 saturated carbocycles. The average Bonchev–Trinajstić information content (AvgIpc) is 2.17. The second-order valence-electron chi connectivity index (χ2n) is 3.14. The Balaban J connectivity index is 2.90. The molecule has 0 aromatic heterocycles. The van der Waals surface area contributed by atoms with E-state index in [1.165, 1.54) is 6.07 Å². The number of nitrogens with one attached hydrogen (secondary N) is 1. The SMILES string of the molecule is Cc1ccc(NCCO)cc1OS(=O)(=O)O. The fourth-order valence-corrected chi connectivity index (χ4v) is 1.52. The summed E-state index contributed by atoms with van der Waals surface area (Å²) in [7, 11) is -4.51. The Morgan fingerprint density at radius 2 is 2.12 bits per heavy atom. The van der Waals surface area contributed by atoms with Gasteiger partial charge in [-0.05, 0) is 18.6 Å². The van der Waals surface area contributed by atoms with E-state index in [9.17, 15) is 8.42 Å². The highest BCUT2D eigenvalue weighted by atomic mass is 32.3. The van der Waals surface area contributed by atoms with Crippen LogP contribution in [-0.4, -0.2) is 31.2 Å². The third-order valence-corrected chi connectivity index (χ3v) is 2.21. The van der Waals surface area contributed by atoms with E-state index in [1.807, 2.05) is 0 Å². The molecule has 0 amide bonds. The van der Waals surface area contributed by atoms with Gasteiger partial charge in [-0.25, -0.2) is 0 Å². The van der Waals surface area contributed by atoms with Crippen LogP contribution in [0.4, 0.5) is 5.69 Å². The molecule has 0 aliphatic rings. The lowest BCUT2D eigenvalue weighted by Gasteiger charge is -2.09. The molecular formula is C9H13NO5S. The van der Waals surface area contributed by atoms with Gasteiger partial charge >= 0.3 is 10.4 Å². The fraction of sp³-hybridized carbons (Fsp3) is 0.333. The van der Waals surface area contributed by atoms with E-state index in [2.05, 4.69) is 9.50 Å². The van der Waals surface area contributed by atoms with Crippen LogP contribution in [0, 0.1) is 6.92 Å². The van der Waals surface area contributed by atoms with Gasteiger partial charge in [0.1, 0.15) is 5.75 Å². The molecule has 16 heavy (non-hydrogen) atoms. The van der Waals surface area contributed by atoms with E-state index in [-0.39, 0.29) is 12.4 Å². The average molecular weight is 247 g/mol. The van der Waals surface area contributed by atoms with E-state index in [0.29, 0.717) is 17.8 Å². The number of rotatable bonds is 5. The largest absolute Gasteiger partial charge is 0.446 e. The van der Waals surface area contributed by atoms with E-state index >= 15 is 0 Å². The van der Waals surface area contributed by atoms with Gasteiger partial charge in [0.25, 0.3) is 0 Å². The van der Waals surface area contributed by atoms with E-state index in [1.54, 1.807) is 19.1 Å². The highest BCUT2D eigenvalue weighted by Crippen LogP contribution is 2.23. The molecule has 0 radical (unpaired) electrons. The predicted molar refractivity (Wildman–Crippen MR) is 58.9 cm³/mol. The summed E-state index contributed by atoms with van der Waals surface area (Å²) in [5, 5.41) is 11.4. The molecule has 1 rings (SSSR count). The number of aliphatic hydroxyl groups is 1. The minimum Gasteiger partial charge on any atom is -0.395 e. The molecule has 7 heteroatoms. The van der Waals surface area contributed by atoms with Crippen LogP contribution in [0.25, 0.3) is 0 Å². The van der Waals surface area contributed by atoms with Gasteiger partial charge in [0.05, 0.1) is 6.61 Å². The number of anilines is 1. The Hall–Kier alpha value is -1.31. The molecule has 0 aliphatic carbocycles. The summed E-state index contributed by atoms with van der Waals surface area (Å²) < 4.78 is 34.0. The van der Waals surface area contributed by atoms with Gasteiger partial charge in [-0.1, -0.05) is 6.07 Å². The van der Waals surface area contributed by atoms with Gasteiger partial charge in [-0.15, -0.1) is 0 Å². The summed E-state index contributed by atoms with van der Waals surface area (Å²) in [5.41, 5.74) is 1.17. The molecule has 0 heterocycles. The number of aliphatic hydroxyl groups excluding tert-OH is 1. The molecular weight excluding hydrogens is 234 g/mol. The van der Waals surface area contributed by atoms with Crippen LogP contribution < -0.4 is 9.50 Å². The van der Waals surface area contributed by atoms with Crippen molar-refractivity contribution in [2.45, 2.75) is 6.92 Å².